The number of benzene rings is 1. The van der Waals surface area contributed by atoms with Gasteiger partial charge in [0.1, 0.15) is 0 Å². The Morgan fingerprint density at radius 1 is 1.10 bits per heavy atom. The standard InChI is InChI=1S/C18H28N2O/c1-18(2,3)15-6-4-14(5-7-15)12-17(21)16-13-19-8-10-20(16)11-9-19/h4-7,16-17,21H,8-13H2,1-3H3. The fourth-order valence-corrected chi connectivity index (χ4v) is 3.54. The summed E-state index contributed by atoms with van der Waals surface area (Å²) >= 11 is 0. The van der Waals surface area contributed by atoms with E-state index < -0.39 is 0 Å². The lowest BCUT2D eigenvalue weighted by molar-refractivity contribution is -0.0453. The fraction of sp³-hybridized carbons (Fsp3) is 0.667. The Balaban J connectivity index is 1.63. The summed E-state index contributed by atoms with van der Waals surface area (Å²) in [7, 11) is 0. The summed E-state index contributed by atoms with van der Waals surface area (Å²) in [6, 6.07) is 9.09. The molecule has 3 fully saturated rings. The highest BCUT2D eigenvalue weighted by atomic mass is 16.3. The van der Waals surface area contributed by atoms with Crippen LogP contribution in [0.15, 0.2) is 24.3 Å². The monoisotopic (exact) mass is 288 g/mol. The van der Waals surface area contributed by atoms with Gasteiger partial charge in [0.15, 0.2) is 0 Å². The predicted octanol–water partition coefficient (Wildman–Crippen LogP) is 1.89. The molecule has 2 bridgehead atoms. The van der Waals surface area contributed by atoms with E-state index in [4.69, 9.17) is 0 Å². The number of piperazine rings is 3. The molecule has 2 unspecified atom stereocenters. The minimum atomic E-state index is -0.256. The average molecular weight is 288 g/mol. The normalized spacial score (nSPS) is 30.4. The molecule has 116 valence electrons. The third kappa shape index (κ3) is 3.31. The summed E-state index contributed by atoms with van der Waals surface area (Å²) < 4.78 is 0. The quantitative estimate of drug-likeness (QED) is 0.920. The summed E-state index contributed by atoms with van der Waals surface area (Å²) in [5, 5.41) is 10.6. The Labute approximate surface area is 128 Å². The molecular formula is C18H28N2O. The molecule has 0 aromatic heterocycles. The zero-order chi connectivity index (χ0) is 15.0. The highest BCUT2D eigenvalue weighted by Crippen LogP contribution is 2.24. The number of hydrogen-bond acceptors (Lipinski definition) is 3. The van der Waals surface area contributed by atoms with Crippen molar-refractivity contribution in [2.24, 2.45) is 0 Å². The van der Waals surface area contributed by atoms with Crippen LogP contribution in [0.1, 0.15) is 31.9 Å². The third-order valence-corrected chi connectivity index (χ3v) is 5.03. The molecule has 0 aliphatic carbocycles. The van der Waals surface area contributed by atoms with Gasteiger partial charge in [-0.3, -0.25) is 9.80 Å². The van der Waals surface area contributed by atoms with E-state index in [1.807, 2.05) is 0 Å². The van der Waals surface area contributed by atoms with Crippen LogP contribution in [0.25, 0.3) is 0 Å². The van der Waals surface area contributed by atoms with Crippen LogP contribution in [0.4, 0.5) is 0 Å². The Kier molecular flexibility index (Phi) is 4.08. The first-order valence-electron chi connectivity index (χ1n) is 8.17. The van der Waals surface area contributed by atoms with Crippen LogP contribution in [-0.4, -0.2) is 59.8 Å². The van der Waals surface area contributed by atoms with Crippen LogP contribution in [0.2, 0.25) is 0 Å². The molecule has 3 aliphatic heterocycles. The lowest BCUT2D eigenvalue weighted by Gasteiger charge is -2.49. The van der Waals surface area contributed by atoms with E-state index in [0.717, 1.165) is 26.1 Å². The summed E-state index contributed by atoms with van der Waals surface area (Å²) in [5.74, 6) is 0. The van der Waals surface area contributed by atoms with E-state index in [2.05, 4.69) is 54.8 Å². The molecule has 2 atom stereocenters. The zero-order valence-electron chi connectivity index (χ0n) is 13.5. The molecule has 3 saturated heterocycles. The fourth-order valence-electron chi connectivity index (χ4n) is 3.54. The predicted molar refractivity (Wildman–Crippen MR) is 86.7 cm³/mol. The first-order valence-corrected chi connectivity index (χ1v) is 8.17. The van der Waals surface area contributed by atoms with E-state index in [1.54, 1.807) is 0 Å². The number of hydrogen-bond donors (Lipinski definition) is 1. The van der Waals surface area contributed by atoms with Gasteiger partial charge in [-0.15, -0.1) is 0 Å². The molecule has 3 heterocycles. The minimum absolute atomic E-state index is 0.193. The van der Waals surface area contributed by atoms with Gasteiger partial charge in [0.2, 0.25) is 0 Å². The van der Waals surface area contributed by atoms with Crippen molar-refractivity contribution in [1.29, 1.82) is 0 Å². The second-order valence-electron chi connectivity index (χ2n) is 7.62. The second kappa shape index (κ2) is 5.71. The maximum absolute atomic E-state index is 10.6. The third-order valence-electron chi connectivity index (χ3n) is 5.03. The number of aliphatic hydroxyl groups excluding tert-OH is 1. The number of aliphatic hydroxyl groups is 1. The van der Waals surface area contributed by atoms with Crippen molar-refractivity contribution in [3.63, 3.8) is 0 Å². The summed E-state index contributed by atoms with van der Waals surface area (Å²) in [4.78, 5) is 4.95. The molecule has 0 saturated carbocycles. The van der Waals surface area contributed by atoms with Crippen LogP contribution in [0.5, 0.6) is 0 Å². The van der Waals surface area contributed by atoms with Gasteiger partial charge in [0.05, 0.1) is 6.10 Å². The Bertz CT molecular complexity index is 469. The summed E-state index contributed by atoms with van der Waals surface area (Å²) in [6.45, 7) is 12.3. The van der Waals surface area contributed by atoms with Crippen LogP contribution in [-0.2, 0) is 11.8 Å². The van der Waals surface area contributed by atoms with Gasteiger partial charge in [-0.2, -0.15) is 0 Å². The van der Waals surface area contributed by atoms with Crippen molar-refractivity contribution in [2.45, 2.75) is 44.8 Å². The van der Waals surface area contributed by atoms with Crippen molar-refractivity contribution in [1.82, 2.24) is 9.80 Å². The van der Waals surface area contributed by atoms with E-state index in [9.17, 15) is 5.11 Å². The molecule has 0 radical (unpaired) electrons. The molecule has 1 aromatic carbocycles. The first-order chi connectivity index (χ1) is 9.93. The van der Waals surface area contributed by atoms with Crippen molar-refractivity contribution in [3.8, 4) is 0 Å². The summed E-state index contributed by atoms with van der Waals surface area (Å²) in [5.41, 5.74) is 2.79. The van der Waals surface area contributed by atoms with Gasteiger partial charge in [-0.05, 0) is 23.0 Å². The van der Waals surface area contributed by atoms with Crippen molar-refractivity contribution in [2.75, 3.05) is 32.7 Å². The number of nitrogens with zero attached hydrogens (tertiary/aromatic N) is 2. The molecule has 0 amide bonds. The SMILES string of the molecule is CC(C)(C)c1ccc(CC(O)C2CN3CCN2CC3)cc1. The average Bonchev–Trinajstić information content (AvgIpc) is 2.48. The van der Waals surface area contributed by atoms with Crippen molar-refractivity contribution in [3.05, 3.63) is 35.4 Å². The van der Waals surface area contributed by atoms with Gasteiger partial charge in [-0.1, -0.05) is 45.0 Å². The first kappa shape index (κ1) is 15.0. The van der Waals surface area contributed by atoms with Gasteiger partial charge >= 0.3 is 0 Å². The van der Waals surface area contributed by atoms with Crippen LogP contribution in [0, 0.1) is 0 Å². The molecular weight excluding hydrogens is 260 g/mol. The minimum Gasteiger partial charge on any atom is -0.391 e. The number of fused-ring (bicyclic) bond motifs is 3. The molecule has 1 aromatic rings. The second-order valence-corrected chi connectivity index (χ2v) is 7.62. The highest BCUT2D eigenvalue weighted by molar-refractivity contribution is 5.28. The van der Waals surface area contributed by atoms with Crippen molar-refractivity contribution < 1.29 is 5.11 Å². The Hall–Kier alpha value is -0.900. The zero-order valence-corrected chi connectivity index (χ0v) is 13.5. The van der Waals surface area contributed by atoms with Gasteiger partial charge in [0.25, 0.3) is 0 Å². The molecule has 1 N–H and O–H groups in total. The van der Waals surface area contributed by atoms with Gasteiger partial charge in [0, 0.05) is 38.8 Å². The van der Waals surface area contributed by atoms with E-state index in [-0.39, 0.29) is 11.5 Å². The Morgan fingerprint density at radius 2 is 1.71 bits per heavy atom. The molecule has 3 heteroatoms. The highest BCUT2D eigenvalue weighted by Gasteiger charge is 2.35. The van der Waals surface area contributed by atoms with E-state index >= 15 is 0 Å². The smallest absolute Gasteiger partial charge is 0.0748 e. The molecule has 3 aliphatic rings. The maximum Gasteiger partial charge on any atom is 0.0748 e. The molecule has 21 heavy (non-hydrogen) atoms. The van der Waals surface area contributed by atoms with Gasteiger partial charge in [-0.25, -0.2) is 0 Å². The van der Waals surface area contributed by atoms with Crippen LogP contribution >= 0.6 is 0 Å². The van der Waals surface area contributed by atoms with E-state index in [1.165, 1.54) is 24.2 Å². The van der Waals surface area contributed by atoms with E-state index in [0.29, 0.717) is 6.04 Å². The Morgan fingerprint density at radius 3 is 2.19 bits per heavy atom. The number of rotatable bonds is 3. The van der Waals surface area contributed by atoms with Crippen molar-refractivity contribution >= 4 is 0 Å². The van der Waals surface area contributed by atoms with Gasteiger partial charge < -0.3 is 5.11 Å². The topological polar surface area (TPSA) is 26.7 Å². The molecule has 3 nitrogen and oxygen atoms in total. The maximum atomic E-state index is 10.6. The van der Waals surface area contributed by atoms with Crippen LogP contribution < -0.4 is 0 Å². The molecule has 4 rings (SSSR count). The lowest BCUT2D eigenvalue weighted by atomic mass is 9.86. The van der Waals surface area contributed by atoms with Crippen LogP contribution in [0.3, 0.4) is 0 Å². The lowest BCUT2D eigenvalue weighted by Crippen LogP contribution is -2.64. The summed E-state index contributed by atoms with van der Waals surface area (Å²) in [6.07, 6.45) is 0.507. The molecule has 0 spiro atoms. The largest absolute Gasteiger partial charge is 0.391 e.